The number of benzene rings is 1. The molecule has 63 valence electrons. The first-order valence-corrected chi connectivity index (χ1v) is 9.12. The van der Waals surface area contributed by atoms with Gasteiger partial charge in [0.1, 0.15) is 0 Å². The van der Waals surface area contributed by atoms with Gasteiger partial charge in [-0.3, -0.25) is 0 Å². The van der Waals surface area contributed by atoms with Crippen molar-refractivity contribution in [1.29, 1.82) is 0 Å². The quantitative estimate of drug-likeness (QED) is 0.704. The Labute approximate surface area is 81.0 Å². The molecule has 1 aliphatic heterocycles. The van der Waals surface area contributed by atoms with Gasteiger partial charge in [-0.05, 0) is 0 Å². The predicted octanol–water partition coefficient (Wildman–Crippen LogP) is 1.70. The molecule has 12 heavy (non-hydrogen) atoms. The molecule has 1 radical (unpaired) electrons. The maximum absolute atomic E-state index is 5.86. The first-order valence-electron chi connectivity index (χ1n) is 4.51. The molecule has 2 rings (SSSR count). The van der Waals surface area contributed by atoms with E-state index in [1.54, 1.807) is 0 Å². The van der Waals surface area contributed by atoms with Crippen molar-refractivity contribution in [2.24, 2.45) is 0 Å². The van der Waals surface area contributed by atoms with Crippen molar-refractivity contribution in [3.63, 3.8) is 0 Å². The molecule has 0 unspecified atom stereocenters. The summed E-state index contributed by atoms with van der Waals surface area (Å²) in [5.74, 6) is 0. The average Bonchev–Trinajstić information content (AvgIpc) is 2.21. The monoisotopic (exact) mass is 269 g/mol. The third-order valence-corrected chi connectivity index (χ3v) is 8.84. The van der Waals surface area contributed by atoms with Crippen LogP contribution in [0.2, 0.25) is 4.44 Å². The first-order chi connectivity index (χ1) is 5.97. The molecule has 2 heteroatoms. The summed E-state index contributed by atoms with van der Waals surface area (Å²) < 4.78 is 8.77. The van der Waals surface area contributed by atoms with Gasteiger partial charge in [0.15, 0.2) is 0 Å². The van der Waals surface area contributed by atoms with Crippen molar-refractivity contribution in [3.8, 4) is 0 Å². The molecular formula is C10H13OSn. The molecule has 0 bridgehead atoms. The van der Waals surface area contributed by atoms with E-state index in [0.717, 1.165) is 6.61 Å². The van der Waals surface area contributed by atoms with E-state index in [1.165, 1.54) is 20.9 Å². The third-order valence-electron chi connectivity index (χ3n) is 2.17. The van der Waals surface area contributed by atoms with E-state index in [1.807, 2.05) is 0 Å². The standard InChI is InChI=1S/C6H5.C4H8O.Sn/c1-2-4-6-5-3-1;1-2-3-4-5;/h1-5H;1-4H2;/q;-1;+1. The van der Waals surface area contributed by atoms with Crippen LogP contribution in [0.5, 0.6) is 0 Å². The summed E-state index contributed by atoms with van der Waals surface area (Å²) in [6.07, 6.45) is 2.67. The van der Waals surface area contributed by atoms with Crippen molar-refractivity contribution >= 4 is 23.8 Å². The summed E-state index contributed by atoms with van der Waals surface area (Å²) in [5.41, 5.74) is 0. The average molecular weight is 268 g/mol. The Morgan fingerprint density at radius 3 is 2.58 bits per heavy atom. The summed E-state index contributed by atoms with van der Waals surface area (Å²) in [5, 5.41) is 0. The van der Waals surface area contributed by atoms with Gasteiger partial charge < -0.3 is 0 Å². The van der Waals surface area contributed by atoms with Crippen LogP contribution in [-0.2, 0) is 3.07 Å². The Hall–Kier alpha value is -0.0213. The second-order valence-corrected chi connectivity index (χ2v) is 9.41. The topological polar surface area (TPSA) is 9.23 Å². The van der Waals surface area contributed by atoms with Crippen LogP contribution < -0.4 is 3.58 Å². The second-order valence-electron chi connectivity index (χ2n) is 3.09. The summed E-state index contributed by atoms with van der Waals surface area (Å²) in [7, 11) is 0. The van der Waals surface area contributed by atoms with Crippen LogP contribution in [0.15, 0.2) is 30.3 Å². The van der Waals surface area contributed by atoms with Gasteiger partial charge in [0.05, 0.1) is 0 Å². The summed E-state index contributed by atoms with van der Waals surface area (Å²) in [6, 6.07) is 10.8. The van der Waals surface area contributed by atoms with E-state index in [-0.39, 0.29) is 0 Å². The zero-order valence-corrected chi connectivity index (χ0v) is 9.98. The number of hydrogen-bond donors (Lipinski definition) is 0. The molecule has 0 amide bonds. The Morgan fingerprint density at radius 2 is 1.92 bits per heavy atom. The summed E-state index contributed by atoms with van der Waals surface area (Å²) in [6.45, 7) is 1.02. The fourth-order valence-electron chi connectivity index (χ4n) is 1.51. The fourth-order valence-corrected chi connectivity index (χ4v) is 7.57. The van der Waals surface area contributed by atoms with Crippen LogP contribution in [0.4, 0.5) is 0 Å². The van der Waals surface area contributed by atoms with Crippen LogP contribution in [-0.4, -0.2) is 26.8 Å². The minimum absolute atomic E-state index is 1.02. The molecule has 1 aromatic carbocycles. The molecule has 1 fully saturated rings. The minimum atomic E-state index is -1.54. The Balaban J connectivity index is 2.08. The molecule has 1 aromatic rings. The predicted molar refractivity (Wildman–Crippen MR) is 51.8 cm³/mol. The molecule has 1 saturated heterocycles. The second kappa shape index (κ2) is 4.28. The molecule has 1 heterocycles. The Kier molecular flexibility index (Phi) is 3.06. The van der Waals surface area contributed by atoms with E-state index < -0.39 is 20.2 Å². The summed E-state index contributed by atoms with van der Waals surface area (Å²) in [4.78, 5) is 0. The zero-order chi connectivity index (χ0) is 8.23. The molecule has 1 nitrogen and oxygen atoms in total. The Bertz CT molecular complexity index is 229. The SMILES string of the molecule is c1cc[c]([Sn]2[CH2]CCC[O]2)cc1. The molecule has 0 aliphatic carbocycles. The van der Waals surface area contributed by atoms with E-state index in [9.17, 15) is 0 Å². The van der Waals surface area contributed by atoms with E-state index in [2.05, 4.69) is 30.3 Å². The molecule has 1 aliphatic rings. The van der Waals surface area contributed by atoms with Gasteiger partial charge in [-0.15, -0.1) is 0 Å². The van der Waals surface area contributed by atoms with Crippen molar-refractivity contribution in [3.05, 3.63) is 30.3 Å². The van der Waals surface area contributed by atoms with E-state index in [0.29, 0.717) is 0 Å². The molecule has 0 spiro atoms. The van der Waals surface area contributed by atoms with Gasteiger partial charge in [0, 0.05) is 0 Å². The summed E-state index contributed by atoms with van der Waals surface area (Å²) >= 11 is -1.54. The van der Waals surface area contributed by atoms with Gasteiger partial charge in [-0.25, -0.2) is 0 Å². The van der Waals surface area contributed by atoms with Crippen molar-refractivity contribution in [2.45, 2.75) is 17.3 Å². The van der Waals surface area contributed by atoms with Crippen LogP contribution >= 0.6 is 0 Å². The van der Waals surface area contributed by atoms with Gasteiger partial charge in [-0.1, -0.05) is 0 Å². The van der Waals surface area contributed by atoms with Crippen molar-refractivity contribution in [1.82, 2.24) is 0 Å². The van der Waals surface area contributed by atoms with E-state index in [4.69, 9.17) is 3.07 Å². The van der Waals surface area contributed by atoms with Gasteiger partial charge >= 0.3 is 81.0 Å². The van der Waals surface area contributed by atoms with Crippen LogP contribution in [0.25, 0.3) is 0 Å². The van der Waals surface area contributed by atoms with Crippen LogP contribution in [0, 0.1) is 0 Å². The number of rotatable bonds is 1. The fraction of sp³-hybridized carbons (Fsp3) is 0.400. The first kappa shape index (κ1) is 8.57. The van der Waals surface area contributed by atoms with Gasteiger partial charge in [0.2, 0.25) is 0 Å². The van der Waals surface area contributed by atoms with E-state index >= 15 is 0 Å². The normalized spacial score (nSPS) is 19.3. The Morgan fingerprint density at radius 1 is 1.08 bits per heavy atom. The van der Waals surface area contributed by atoms with Crippen LogP contribution in [0.1, 0.15) is 12.8 Å². The molecule has 0 N–H and O–H groups in total. The zero-order valence-electron chi connectivity index (χ0n) is 7.12. The number of hydrogen-bond acceptors (Lipinski definition) is 1. The molecular weight excluding hydrogens is 255 g/mol. The van der Waals surface area contributed by atoms with Crippen LogP contribution in [0.3, 0.4) is 0 Å². The molecule has 0 aromatic heterocycles. The third kappa shape index (κ3) is 2.02. The van der Waals surface area contributed by atoms with Crippen molar-refractivity contribution < 1.29 is 3.07 Å². The van der Waals surface area contributed by atoms with Gasteiger partial charge in [-0.2, -0.15) is 0 Å². The maximum atomic E-state index is 5.86. The molecule has 0 atom stereocenters. The molecule has 0 saturated carbocycles. The van der Waals surface area contributed by atoms with Crippen molar-refractivity contribution in [2.75, 3.05) is 6.61 Å². The van der Waals surface area contributed by atoms with Gasteiger partial charge in [0.25, 0.3) is 0 Å².